The molecule has 0 unspecified atom stereocenters. The molecular weight excluding hydrogens is 446 g/mol. The van der Waals surface area contributed by atoms with Crippen molar-refractivity contribution in [2.24, 2.45) is 0 Å². The van der Waals surface area contributed by atoms with Gasteiger partial charge < -0.3 is 24.2 Å². The van der Waals surface area contributed by atoms with Gasteiger partial charge in [-0.15, -0.1) is 0 Å². The van der Waals surface area contributed by atoms with Gasteiger partial charge in [-0.1, -0.05) is 12.1 Å². The molecule has 3 aromatic rings. The molecule has 0 aliphatic heterocycles. The molecule has 0 fully saturated rings. The number of fused-ring (bicyclic) bond motifs is 1. The number of aromatic nitrogens is 2. The molecule has 0 bridgehead atoms. The number of hydrogen-bond donors (Lipinski definition) is 1. The van der Waals surface area contributed by atoms with Crippen LogP contribution in [-0.4, -0.2) is 48.4 Å². The van der Waals surface area contributed by atoms with Crippen LogP contribution in [0, 0.1) is 6.92 Å². The zero-order valence-corrected chi connectivity index (χ0v) is 20.4. The number of hydrogen-bond acceptors (Lipinski definition) is 7. The Kier molecular flexibility index (Phi) is 7.70. The van der Waals surface area contributed by atoms with Crippen LogP contribution in [0.3, 0.4) is 0 Å². The quantitative estimate of drug-likeness (QED) is 0.386. The highest BCUT2D eigenvalue weighted by Crippen LogP contribution is 2.37. The number of carbonyl (C=O) groups is 1. The maximum Gasteiger partial charge on any atom is 0.323 e. The van der Waals surface area contributed by atoms with Gasteiger partial charge in [-0.05, 0) is 67.5 Å². The van der Waals surface area contributed by atoms with Gasteiger partial charge in [-0.25, -0.2) is 4.98 Å². The average molecular weight is 478 g/mol. The second kappa shape index (κ2) is 11.1. The summed E-state index contributed by atoms with van der Waals surface area (Å²) in [6.45, 7) is 3.29. The molecule has 1 aliphatic rings. The molecule has 8 heteroatoms. The third-order valence-electron chi connectivity index (χ3n) is 6.18. The SMILES string of the molecule is COc1cccc(Oc2ncc(C)c(N(C)CCCOc3ccc4c(c3)CC[C@H]4CC(=O)O)n2)c1. The molecule has 0 amide bonds. The van der Waals surface area contributed by atoms with Crippen LogP contribution in [0.5, 0.6) is 23.3 Å². The second-order valence-corrected chi connectivity index (χ2v) is 8.76. The molecule has 1 N–H and O–H groups in total. The van der Waals surface area contributed by atoms with Crippen molar-refractivity contribution in [1.82, 2.24) is 9.97 Å². The molecule has 0 saturated carbocycles. The number of nitrogens with zero attached hydrogens (tertiary/aromatic N) is 3. The molecule has 0 saturated heterocycles. The van der Waals surface area contributed by atoms with Gasteiger partial charge in [0.25, 0.3) is 0 Å². The summed E-state index contributed by atoms with van der Waals surface area (Å²) in [6.07, 6.45) is 4.55. The molecular formula is C27H31N3O5. The normalized spacial score (nSPS) is 14.3. The van der Waals surface area contributed by atoms with Gasteiger partial charge in [0, 0.05) is 31.4 Å². The van der Waals surface area contributed by atoms with Crippen molar-refractivity contribution in [3.8, 4) is 23.3 Å². The molecule has 1 aliphatic carbocycles. The number of carboxylic acid groups (broad SMARTS) is 1. The van der Waals surface area contributed by atoms with Gasteiger partial charge in [0.2, 0.25) is 0 Å². The van der Waals surface area contributed by atoms with Crippen LogP contribution in [0.1, 0.15) is 41.9 Å². The Morgan fingerprint density at radius 2 is 2.00 bits per heavy atom. The fraction of sp³-hybridized carbons (Fsp3) is 0.370. The van der Waals surface area contributed by atoms with Gasteiger partial charge in [-0.3, -0.25) is 4.79 Å². The summed E-state index contributed by atoms with van der Waals surface area (Å²) in [6, 6.07) is 13.6. The maximum absolute atomic E-state index is 11.1. The number of aryl methyl sites for hydroxylation is 2. The lowest BCUT2D eigenvalue weighted by atomic mass is 9.98. The van der Waals surface area contributed by atoms with Crippen molar-refractivity contribution in [2.75, 3.05) is 32.2 Å². The van der Waals surface area contributed by atoms with Crippen LogP contribution in [0.4, 0.5) is 5.82 Å². The summed E-state index contributed by atoms with van der Waals surface area (Å²) in [7, 11) is 3.60. The van der Waals surface area contributed by atoms with Crippen molar-refractivity contribution in [1.29, 1.82) is 0 Å². The first-order valence-corrected chi connectivity index (χ1v) is 11.8. The van der Waals surface area contributed by atoms with E-state index in [1.54, 1.807) is 19.4 Å². The van der Waals surface area contributed by atoms with E-state index in [1.165, 1.54) is 5.56 Å². The van der Waals surface area contributed by atoms with E-state index in [9.17, 15) is 4.79 Å². The largest absolute Gasteiger partial charge is 0.497 e. The Morgan fingerprint density at radius 1 is 1.17 bits per heavy atom. The molecule has 1 heterocycles. The van der Waals surface area contributed by atoms with Gasteiger partial charge in [0.1, 0.15) is 23.1 Å². The molecule has 0 radical (unpaired) electrons. The number of carboxylic acids is 1. The van der Waals surface area contributed by atoms with E-state index in [-0.39, 0.29) is 18.3 Å². The highest BCUT2D eigenvalue weighted by Gasteiger charge is 2.24. The number of benzene rings is 2. The first-order valence-electron chi connectivity index (χ1n) is 11.8. The Morgan fingerprint density at radius 3 is 2.80 bits per heavy atom. The third kappa shape index (κ3) is 6.20. The standard InChI is InChI=1S/C27H31N3O5/c1-18-17-28-27(35-23-7-4-6-21(16-23)33-3)29-26(18)30(2)12-5-13-34-22-10-11-24-19(14-22)8-9-20(24)15-25(31)32/h4,6-7,10-11,14,16-17,20H,5,8-9,12-13,15H2,1-3H3,(H,31,32)/t20-/m0/s1. The molecule has 8 nitrogen and oxygen atoms in total. The van der Waals surface area contributed by atoms with Gasteiger partial charge in [-0.2, -0.15) is 4.98 Å². The van der Waals surface area contributed by atoms with E-state index >= 15 is 0 Å². The minimum absolute atomic E-state index is 0.110. The predicted octanol–water partition coefficient (Wildman–Crippen LogP) is 5.00. The fourth-order valence-electron chi connectivity index (χ4n) is 4.42. The van der Waals surface area contributed by atoms with E-state index < -0.39 is 5.97 Å². The Bertz CT molecular complexity index is 1180. The van der Waals surface area contributed by atoms with Crippen molar-refractivity contribution >= 4 is 11.8 Å². The smallest absolute Gasteiger partial charge is 0.323 e. The zero-order chi connectivity index (χ0) is 24.8. The molecule has 184 valence electrons. The van der Waals surface area contributed by atoms with E-state index in [0.29, 0.717) is 18.1 Å². The minimum atomic E-state index is -0.745. The Labute approximate surface area is 205 Å². The summed E-state index contributed by atoms with van der Waals surface area (Å²) in [5.41, 5.74) is 3.30. The van der Waals surface area contributed by atoms with Crippen LogP contribution < -0.4 is 19.1 Å². The lowest BCUT2D eigenvalue weighted by Crippen LogP contribution is -2.22. The predicted molar refractivity (Wildman–Crippen MR) is 133 cm³/mol. The summed E-state index contributed by atoms with van der Waals surface area (Å²) in [5, 5.41) is 9.09. The highest BCUT2D eigenvalue weighted by molar-refractivity contribution is 5.68. The van der Waals surface area contributed by atoms with Gasteiger partial charge in [0.15, 0.2) is 0 Å². The van der Waals surface area contributed by atoms with E-state index in [1.807, 2.05) is 44.3 Å². The van der Waals surface area contributed by atoms with Crippen LogP contribution in [0.25, 0.3) is 0 Å². The molecule has 0 spiro atoms. The number of ether oxygens (including phenoxy) is 3. The van der Waals surface area contributed by atoms with Crippen LogP contribution in [0.15, 0.2) is 48.7 Å². The Hall–Kier alpha value is -3.81. The van der Waals surface area contributed by atoms with Crippen LogP contribution >= 0.6 is 0 Å². The summed E-state index contributed by atoms with van der Waals surface area (Å²) < 4.78 is 17.0. The number of methoxy groups -OCH3 is 1. The third-order valence-corrected chi connectivity index (χ3v) is 6.18. The second-order valence-electron chi connectivity index (χ2n) is 8.76. The molecule has 2 aromatic carbocycles. The first-order chi connectivity index (χ1) is 16.9. The summed E-state index contributed by atoms with van der Waals surface area (Å²) >= 11 is 0. The number of anilines is 1. The van der Waals surface area contributed by atoms with E-state index in [2.05, 4.69) is 20.9 Å². The van der Waals surface area contributed by atoms with E-state index in [4.69, 9.17) is 19.3 Å². The molecule has 1 atom stereocenters. The number of rotatable bonds is 11. The Balaban J connectivity index is 1.30. The first kappa shape index (κ1) is 24.3. The van der Waals surface area contributed by atoms with Crippen LogP contribution in [0.2, 0.25) is 0 Å². The van der Waals surface area contributed by atoms with E-state index in [0.717, 1.165) is 48.5 Å². The fourth-order valence-corrected chi connectivity index (χ4v) is 4.42. The van der Waals surface area contributed by atoms with Crippen molar-refractivity contribution in [3.63, 3.8) is 0 Å². The number of aliphatic carboxylic acids is 1. The highest BCUT2D eigenvalue weighted by atomic mass is 16.5. The lowest BCUT2D eigenvalue weighted by molar-refractivity contribution is -0.137. The topological polar surface area (TPSA) is 94.0 Å². The van der Waals surface area contributed by atoms with Gasteiger partial charge in [0.05, 0.1) is 20.1 Å². The summed E-state index contributed by atoms with van der Waals surface area (Å²) in [4.78, 5) is 22.0. The molecule has 35 heavy (non-hydrogen) atoms. The minimum Gasteiger partial charge on any atom is -0.497 e. The van der Waals surface area contributed by atoms with Crippen molar-refractivity contribution in [2.45, 2.75) is 38.5 Å². The van der Waals surface area contributed by atoms with Crippen molar-refractivity contribution < 1.29 is 24.1 Å². The average Bonchev–Trinajstić information content (AvgIpc) is 3.24. The lowest BCUT2D eigenvalue weighted by Gasteiger charge is -2.20. The van der Waals surface area contributed by atoms with Crippen LogP contribution in [-0.2, 0) is 11.2 Å². The van der Waals surface area contributed by atoms with Gasteiger partial charge >= 0.3 is 12.0 Å². The molecule has 4 rings (SSSR count). The van der Waals surface area contributed by atoms with Crippen molar-refractivity contribution in [3.05, 3.63) is 65.4 Å². The summed E-state index contributed by atoms with van der Waals surface area (Å²) in [5.74, 6) is 2.31. The molecule has 1 aromatic heterocycles. The monoisotopic (exact) mass is 477 g/mol. The zero-order valence-electron chi connectivity index (χ0n) is 20.4. The maximum atomic E-state index is 11.1.